The van der Waals surface area contributed by atoms with Gasteiger partial charge in [-0.15, -0.1) is 0 Å². The third kappa shape index (κ3) is 6.04. The zero-order chi connectivity index (χ0) is 15.2. The molecule has 0 saturated carbocycles. The van der Waals surface area contributed by atoms with Crippen molar-refractivity contribution in [2.45, 2.75) is 54.9 Å². The molecule has 0 N–H and O–H groups in total. The first-order valence-corrected chi connectivity index (χ1v) is 7.21. The Morgan fingerprint density at radius 2 is 1.63 bits per heavy atom. The van der Waals surface area contributed by atoms with Gasteiger partial charge in [-0.1, -0.05) is 47.1 Å². The third-order valence-electron chi connectivity index (χ3n) is 3.56. The molecule has 3 nitrogen and oxygen atoms in total. The molecule has 0 aromatic heterocycles. The van der Waals surface area contributed by atoms with E-state index in [-0.39, 0.29) is 17.7 Å². The average molecular weight is 267 g/mol. The molecule has 0 aliphatic heterocycles. The van der Waals surface area contributed by atoms with Crippen molar-refractivity contribution in [1.29, 1.82) is 0 Å². The zero-order valence-electron chi connectivity index (χ0n) is 13.5. The summed E-state index contributed by atoms with van der Waals surface area (Å²) in [7, 11) is 0. The summed E-state index contributed by atoms with van der Waals surface area (Å²) in [6, 6.07) is 0. The maximum absolute atomic E-state index is 12.3. The summed E-state index contributed by atoms with van der Waals surface area (Å²) in [5.74, 6) is 0.840. The van der Waals surface area contributed by atoms with E-state index in [1.807, 2.05) is 19.9 Å². The van der Waals surface area contributed by atoms with E-state index in [1.165, 1.54) is 11.8 Å². The van der Waals surface area contributed by atoms with E-state index in [9.17, 15) is 9.59 Å². The molecule has 0 saturated heterocycles. The van der Waals surface area contributed by atoms with E-state index in [1.54, 1.807) is 6.92 Å². The van der Waals surface area contributed by atoms with Crippen molar-refractivity contribution in [3.63, 3.8) is 0 Å². The van der Waals surface area contributed by atoms with Crippen molar-refractivity contribution >= 4 is 11.8 Å². The number of allylic oxidation sites excluding steroid dienone is 1. The Bertz CT molecular complexity index is 345. The molecule has 0 heterocycles. The molecule has 0 aromatic rings. The van der Waals surface area contributed by atoms with Crippen molar-refractivity contribution in [3.05, 3.63) is 11.6 Å². The van der Waals surface area contributed by atoms with Gasteiger partial charge in [0.15, 0.2) is 0 Å². The van der Waals surface area contributed by atoms with Gasteiger partial charge in [-0.2, -0.15) is 0 Å². The zero-order valence-corrected chi connectivity index (χ0v) is 13.5. The van der Waals surface area contributed by atoms with Gasteiger partial charge in [-0.25, -0.2) is 0 Å². The molecule has 2 amide bonds. The molecule has 0 aromatic carbocycles. The number of carbonyl (C=O) groups excluding carboxylic acids is 2. The molecule has 0 bridgehead atoms. The minimum Gasteiger partial charge on any atom is -0.279 e. The van der Waals surface area contributed by atoms with Crippen LogP contribution in [-0.2, 0) is 9.59 Å². The maximum atomic E-state index is 12.3. The topological polar surface area (TPSA) is 37.4 Å². The Labute approximate surface area is 118 Å². The van der Waals surface area contributed by atoms with Gasteiger partial charge in [0.2, 0.25) is 5.91 Å². The van der Waals surface area contributed by atoms with Crippen LogP contribution in [0.15, 0.2) is 11.6 Å². The number of nitrogens with zero attached hydrogens (tertiary/aromatic N) is 1. The lowest BCUT2D eigenvalue weighted by atomic mass is 9.91. The highest BCUT2D eigenvalue weighted by molar-refractivity contribution is 6.03. The number of imide groups is 1. The largest absolute Gasteiger partial charge is 0.279 e. The lowest BCUT2D eigenvalue weighted by molar-refractivity contribution is -0.141. The number of amides is 2. The fourth-order valence-electron chi connectivity index (χ4n) is 1.93. The van der Waals surface area contributed by atoms with E-state index < -0.39 is 0 Å². The SMILES string of the molecule is CC[C@H](C)C(C)/C=C(\C)C(=O)N(CC(C)C)C(C)=O. The molecule has 0 aliphatic carbocycles. The fraction of sp³-hybridized carbons (Fsp3) is 0.750. The summed E-state index contributed by atoms with van der Waals surface area (Å²) in [6.07, 6.45) is 3.08. The summed E-state index contributed by atoms with van der Waals surface area (Å²) in [6.45, 7) is 14.2. The number of rotatable bonds is 6. The van der Waals surface area contributed by atoms with Crippen molar-refractivity contribution in [1.82, 2.24) is 4.90 Å². The second-order valence-corrected chi connectivity index (χ2v) is 5.92. The predicted molar refractivity (Wildman–Crippen MR) is 79.6 cm³/mol. The van der Waals surface area contributed by atoms with Crippen molar-refractivity contribution < 1.29 is 9.59 Å². The van der Waals surface area contributed by atoms with Gasteiger partial charge in [-0.3, -0.25) is 14.5 Å². The molecule has 110 valence electrons. The standard InChI is InChI=1S/C16H29NO2/c1-8-12(4)13(5)9-14(6)16(19)17(15(7)18)10-11(2)3/h9,11-13H,8,10H2,1-7H3/b14-9+/t12-,13?/m0/s1. The van der Waals surface area contributed by atoms with Crippen LogP contribution < -0.4 is 0 Å². The van der Waals surface area contributed by atoms with Crippen LogP contribution >= 0.6 is 0 Å². The average Bonchev–Trinajstić information content (AvgIpc) is 2.33. The van der Waals surface area contributed by atoms with Crippen molar-refractivity contribution in [2.24, 2.45) is 17.8 Å². The third-order valence-corrected chi connectivity index (χ3v) is 3.56. The molecule has 0 rings (SSSR count). The maximum Gasteiger partial charge on any atom is 0.255 e. The van der Waals surface area contributed by atoms with Crippen LogP contribution in [0.1, 0.15) is 54.9 Å². The van der Waals surface area contributed by atoms with E-state index in [0.29, 0.717) is 24.0 Å². The van der Waals surface area contributed by atoms with Crippen molar-refractivity contribution in [3.8, 4) is 0 Å². The minimum absolute atomic E-state index is 0.156. The van der Waals surface area contributed by atoms with Gasteiger partial charge in [0, 0.05) is 19.0 Å². The Morgan fingerprint density at radius 3 is 2.00 bits per heavy atom. The Hall–Kier alpha value is -1.12. The second-order valence-electron chi connectivity index (χ2n) is 5.92. The number of carbonyl (C=O) groups is 2. The smallest absolute Gasteiger partial charge is 0.255 e. The molecule has 3 heteroatoms. The first kappa shape index (κ1) is 17.9. The van der Waals surface area contributed by atoms with E-state index in [0.717, 1.165) is 6.42 Å². The van der Waals surface area contributed by atoms with E-state index >= 15 is 0 Å². The summed E-state index contributed by atoms with van der Waals surface area (Å²) in [5, 5.41) is 0. The van der Waals surface area contributed by atoms with E-state index in [2.05, 4.69) is 20.8 Å². The molecular weight excluding hydrogens is 238 g/mol. The first-order chi connectivity index (χ1) is 8.70. The van der Waals surface area contributed by atoms with Crippen LogP contribution in [-0.4, -0.2) is 23.3 Å². The van der Waals surface area contributed by atoms with Gasteiger partial charge in [0.1, 0.15) is 0 Å². The van der Waals surface area contributed by atoms with Gasteiger partial charge < -0.3 is 0 Å². The van der Waals surface area contributed by atoms with Crippen LogP contribution in [0.2, 0.25) is 0 Å². The normalized spacial score (nSPS) is 15.3. The first-order valence-electron chi connectivity index (χ1n) is 7.21. The monoisotopic (exact) mass is 267 g/mol. The van der Waals surface area contributed by atoms with Gasteiger partial charge >= 0.3 is 0 Å². The van der Waals surface area contributed by atoms with Crippen LogP contribution in [0, 0.1) is 17.8 Å². The lowest BCUT2D eigenvalue weighted by Gasteiger charge is -2.22. The Morgan fingerprint density at radius 1 is 1.11 bits per heavy atom. The number of hydrogen-bond donors (Lipinski definition) is 0. The molecule has 19 heavy (non-hydrogen) atoms. The highest BCUT2D eigenvalue weighted by atomic mass is 16.2. The molecule has 0 aliphatic rings. The molecule has 2 atom stereocenters. The predicted octanol–water partition coefficient (Wildman–Crippen LogP) is 3.65. The molecule has 1 unspecified atom stereocenters. The van der Waals surface area contributed by atoms with Crippen molar-refractivity contribution in [2.75, 3.05) is 6.54 Å². The molecule has 0 fully saturated rings. The van der Waals surface area contributed by atoms with Crippen LogP contribution in [0.4, 0.5) is 0 Å². The van der Waals surface area contributed by atoms with E-state index in [4.69, 9.17) is 0 Å². The second kappa shape index (κ2) is 8.13. The van der Waals surface area contributed by atoms with Gasteiger partial charge in [0.25, 0.3) is 5.91 Å². The highest BCUT2D eigenvalue weighted by Gasteiger charge is 2.21. The molecule has 0 radical (unpaired) electrons. The summed E-state index contributed by atoms with van der Waals surface area (Å²) in [5.41, 5.74) is 0.670. The Kier molecular flexibility index (Phi) is 7.65. The summed E-state index contributed by atoms with van der Waals surface area (Å²) >= 11 is 0. The Balaban J connectivity index is 4.94. The fourth-order valence-corrected chi connectivity index (χ4v) is 1.93. The summed E-state index contributed by atoms with van der Waals surface area (Å²) < 4.78 is 0. The van der Waals surface area contributed by atoms with Gasteiger partial charge in [-0.05, 0) is 24.7 Å². The number of hydrogen-bond acceptors (Lipinski definition) is 2. The highest BCUT2D eigenvalue weighted by Crippen LogP contribution is 2.18. The summed E-state index contributed by atoms with van der Waals surface area (Å²) in [4.78, 5) is 25.2. The quantitative estimate of drug-likeness (QED) is 0.689. The van der Waals surface area contributed by atoms with Crippen LogP contribution in [0.5, 0.6) is 0 Å². The minimum atomic E-state index is -0.178. The van der Waals surface area contributed by atoms with Gasteiger partial charge in [0.05, 0.1) is 0 Å². The lowest BCUT2D eigenvalue weighted by Crippen LogP contribution is -2.38. The van der Waals surface area contributed by atoms with Crippen LogP contribution in [0.25, 0.3) is 0 Å². The van der Waals surface area contributed by atoms with Crippen LogP contribution in [0.3, 0.4) is 0 Å². The molecule has 0 spiro atoms. The molecular formula is C16H29NO2.